The summed E-state index contributed by atoms with van der Waals surface area (Å²) in [7, 11) is 0. The molecule has 31 heavy (non-hydrogen) atoms. The first-order chi connectivity index (χ1) is 15.0. The lowest BCUT2D eigenvalue weighted by Crippen LogP contribution is -2.13. The maximum Gasteiger partial charge on any atom is 0.148 e. The summed E-state index contributed by atoms with van der Waals surface area (Å²) in [5, 5.41) is 0. The van der Waals surface area contributed by atoms with Crippen LogP contribution in [0.15, 0.2) is 66.7 Å². The number of para-hydroxylation sites is 3. The smallest absolute Gasteiger partial charge is 0.148 e. The Morgan fingerprint density at radius 2 is 1.55 bits per heavy atom. The SMILES string of the molecule is Cc1cccc(C)c1OCCn1c(COc2ccc(C(C)C)cc2)nc2ccccc21. The summed E-state index contributed by atoms with van der Waals surface area (Å²) in [5.41, 5.74) is 5.70. The van der Waals surface area contributed by atoms with E-state index in [0.29, 0.717) is 25.7 Å². The molecule has 1 heterocycles. The van der Waals surface area contributed by atoms with E-state index < -0.39 is 0 Å². The first-order valence-electron chi connectivity index (χ1n) is 10.9. The van der Waals surface area contributed by atoms with Crippen molar-refractivity contribution in [1.82, 2.24) is 9.55 Å². The Bertz CT molecular complexity index is 1140. The molecule has 160 valence electrons. The molecule has 0 bridgehead atoms. The van der Waals surface area contributed by atoms with Crippen molar-refractivity contribution in [3.63, 3.8) is 0 Å². The highest BCUT2D eigenvalue weighted by Gasteiger charge is 2.12. The zero-order valence-corrected chi connectivity index (χ0v) is 18.8. The molecule has 0 amide bonds. The standard InChI is InChI=1S/C27H30N2O2/c1-19(2)22-12-14-23(15-13-22)31-18-26-28-24-10-5-6-11-25(24)29(26)16-17-30-27-20(3)8-7-9-21(27)4/h5-15,19H,16-18H2,1-4H3. The average Bonchev–Trinajstić information content (AvgIpc) is 3.12. The van der Waals surface area contributed by atoms with Gasteiger partial charge in [0, 0.05) is 0 Å². The molecule has 3 aromatic carbocycles. The predicted octanol–water partition coefficient (Wildman–Crippen LogP) is 6.43. The van der Waals surface area contributed by atoms with E-state index in [-0.39, 0.29) is 0 Å². The van der Waals surface area contributed by atoms with Crippen LogP contribution in [0.1, 0.15) is 42.3 Å². The molecule has 0 aliphatic rings. The van der Waals surface area contributed by atoms with Gasteiger partial charge in [0.05, 0.1) is 17.6 Å². The summed E-state index contributed by atoms with van der Waals surface area (Å²) in [6, 6.07) is 22.7. The van der Waals surface area contributed by atoms with Gasteiger partial charge in [0.1, 0.15) is 30.5 Å². The van der Waals surface area contributed by atoms with Gasteiger partial charge < -0.3 is 14.0 Å². The fourth-order valence-corrected chi connectivity index (χ4v) is 3.85. The largest absolute Gasteiger partial charge is 0.491 e. The van der Waals surface area contributed by atoms with Crippen LogP contribution < -0.4 is 9.47 Å². The van der Waals surface area contributed by atoms with E-state index in [4.69, 9.17) is 14.5 Å². The van der Waals surface area contributed by atoms with Crippen LogP contribution in [-0.4, -0.2) is 16.2 Å². The van der Waals surface area contributed by atoms with Gasteiger partial charge in [-0.15, -0.1) is 0 Å². The molecule has 0 radical (unpaired) electrons. The molecule has 4 rings (SSSR count). The minimum atomic E-state index is 0.416. The van der Waals surface area contributed by atoms with E-state index in [0.717, 1.165) is 39.5 Å². The summed E-state index contributed by atoms with van der Waals surface area (Å²) in [5.74, 6) is 3.24. The number of ether oxygens (including phenoxy) is 2. The van der Waals surface area contributed by atoms with Crippen LogP contribution in [0.25, 0.3) is 11.0 Å². The quantitative estimate of drug-likeness (QED) is 0.333. The van der Waals surface area contributed by atoms with Gasteiger partial charge in [0.15, 0.2) is 0 Å². The van der Waals surface area contributed by atoms with Crippen LogP contribution >= 0.6 is 0 Å². The Morgan fingerprint density at radius 1 is 0.839 bits per heavy atom. The first kappa shape index (κ1) is 21.0. The zero-order chi connectivity index (χ0) is 21.8. The van der Waals surface area contributed by atoms with Crippen LogP contribution in [0.2, 0.25) is 0 Å². The molecule has 4 heteroatoms. The first-order valence-corrected chi connectivity index (χ1v) is 10.9. The highest BCUT2D eigenvalue weighted by molar-refractivity contribution is 5.75. The summed E-state index contributed by atoms with van der Waals surface area (Å²) in [6.45, 7) is 10.2. The Morgan fingerprint density at radius 3 is 2.26 bits per heavy atom. The third-order valence-corrected chi connectivity index (χ3v) is 5.62. The third kappa shape index (κ3) is 4.74. The monoisotopic (exact) mass is 414 g/mol. The molecule has 0 spiro atoms. The van der Waals surface area contributed by atoms with Gasteiger partial charge in [-0.05, 0) is 60.7 Å². The lowest BCUT2D eigenvalue weighted by Gasteiger charge is -2.14. The lowest BCUT2D eigenvalue weighted by atomic mass is 10.0. The fraction of sp³-hybridized carbons (Fsp3) is 0.296. The van der Waals surface area contributed by atoms with Crippen LogP contribution in [0.3, 0.4) is 0 Å². The van der Waals surface area contributed by atoms with Crippen molar-refractivity contribution in [2.24, 2.45) is 0 Å². The fourth-order valence-electron chi connectivity index (χ4n) is 3.85. The highest BCUT2D eigenvalue weighted by Crippen LogP contribution is 2.24. The van der Waals surface area contributed by atoms with Crippen molar-refractivity contribution in [2.45, 2.75) is 46.8 Å². The van der Waals surface area contributed by atoms with E-state index in [1.165, 1.54) is 5.56 Å². The highest BCUT2D eigenvalue weighted by atomic mass is 16.5. The van der Waals surface area contributed by atoms with Gasteiger partial charge in [0.2, 0.25) is 0 Å². The predicted molar refractivity (Wildman–Crippen MR) is 126 cm³/mol. The van der Waals surface area contributed by atoms with Gasteiger partial charge in [-0.25, -0.2) is 4.98 Å². The second-order valence-electron chi connectivity index (χ2n) is 8.25. The van der Waals surface area contributed by atoms with Gasteiger partial charge in [0.25, 0.3) is 0 Å². The second-order valence-corrected chi connectivity index (χ2v) is 8.25. The molecule has 0 aliphatic carbocycles. The molecule has 4 nitrogen and oxygen atoms in total. The second kappa shape index (κ2) is 9.25. The molecule has 0 N–H and O–H groups in total. The van der Waals surface area contributed by atoms with Gasteiger partial charge in [-0.2, -0.15) is 0 Å². The number of rotatable bonds is 8. The van der Waals surface area contributed by atoms with Gasteiger partial charge in [-0.3, -0.25) is 0 Å². The Kier molecular flexibility index (Phi) is 6.26. The molecular weight excluding hydrogens is 384 g/mol. The number of fused-ring (bicyclic) bond motifs is 1. The van der Waals surface area contributed by atoms with Crippen molar-refractivity contribution >= 4 is 11.0 Å². The van der Waals surface area contributed by atoms with Crippen LogP contribution in [0, 0.1) is 13.8 Å². The van der Waals surface area contributed by atoms with Crippen molar-refractivity contribution in [1.29, 1.82) is 0 Å². The molecule has 0 atom stereocenters. The van der Waals surface area contributed by atoms with E-state index in [1.807, 2.05) is 30.3 Å². The summed E-state index contributed by atoms with van der Waals surface area (Å²) < 4.78 is 14.4. The number of aromatic nitrogens is 2. The molecule has 0 aliphatic heterocycles. The van der Waals surface area contributed by atoms with Crippen molar-refractivity contribution in [2.75, 3.05) is 6.61 Å². The molecule has 0 unspecified atom stereocenters. The lowest BCUT2D eigenvalue weighted by molar-refractivity contribution is 0.271. The summed E-state index contributed by atoms with van der Waals surface area (Å²) in [4.78, 5) is 4.82. The topological polar surface area (TPSA) is 36.3 Å². The minimum absolute atomic E-state index is 0.416. The van der Waals surface area contributed by atoms with Crippen molar-refractivity contribution in [3.8, 4) is 11.5 Å². The summed E-state index contributed by atoms with van der Waals surface area (Å²) in [6.07, 6.45) is 0. The van der Waals surface area contributed by atoms with Crippen LogP contribution in [0.5, 0.6) is 11.5 Å². The van der Waals surface area contributed by atoms with Crippen LogP contribution in [0.4, 0.5) is 0 Å². The molecule has 0 fully saturated rings. The minimum Gasteiger partial charge on any atom is -0.491 e. The van der Waals surface area contributed by atoms with Gasteiger partial charge >= 0.3 is 0 Å². The van der Waals surface area contributed by atoms with Gasteiger partial charge in [-0.1, -0.05) is 56.3 Å². The van der Waals surface area contributed by atoms with Crippen molar-refractivity contribution in [3.05, 3.63) is 89.2 Å². The number of aryl methyl sites for hydroxylation is 2. The number of hydrogen-bond donors (Lipinski definition) is 0. The number of nitrogens with zero attached hydrogens (tertiary/aromatic N) is 2. The van der Waals surface area contributed by atoms with E-state index in [2.05, 4.69) is 68.7 Å². The normalized spacial score (nSPS) is 11.3. The molecule has 1 aromatic heterocycles. The molecular formula is C27H30N2O2. The molecule has 4 aromatic rings. The Hall–Kier alpha value is -3.27. The van der Waals surface area contributed by atoms with Crippen LogP contribution in [-0.2, 0) is 13.2 Å². The maximum atomic E-state index is 6.15. The zero-order valence-electron chi connectivity index (χ0n) is 18.8. The van der Waals surface area contributed by atoms with E-state index in [9.17, 15) is 0 Å². The third-order valence-electron chi connectivity index (χ3n) is 5.62. The Labute approximate surface area is 184 Å². The molecule has 0 saturated heterocycles. The van der Waals surface area contributed by atoms with Crippen molar-refractivity contribution < 1.29 is 9.47 Å². The Balaban J connectivity index is 1.50. The average molecular weight is 415 g/mol. The van der Waals surface area contributed by atoms with E-state index >= 15 is 0 Å². The summed E-state index contributed by atoms with van der Waals surface area (Å²) >= 11 is 0. The maximum absolute atomic E-state index is 6.15. The van der Waals surface area contributed by atoms with E-state index in [1.54, 1.807) is 0 Å². The number of hydrogen-bond acceptors (Lipinski definition) is 3. The number of imidazole rings is 1. The molecule has 0 saturated carbocycles. The number of benzene rings is 3.